The number of hydrogen-bond donors (Lipinski definition) is 1. The van der Waals surface area contributed by atoms with E-state index in [1.165, 1.54) is 0 Å². The van der Waals surface area contributed by atoms with Gasteiger partial charge in [-0.25, -0.2) is 4.98 Å². The van der Waals surface area contributed by atoms with Gasteiger partial charge in [0, 0.05) is 16.0 Å². The van der Waals surface area contributed by atoms with Gasteiger partial charge >= 0.3 is 0 Å². The molecule has 0 amide bonds. The number of nitrogens with zero attached hydrogens (tertiary/aromatic N) is 1. The maximum atomic E-state index is 6.01. The Kier molecular flexibility index (Phi) is 4.32. The van der Waals surface area contributed by atoms with Gasteiger partial charge in [-0.2, -0.15) is 0 Å². The van der Waals surface area contributed by atoms with Crippen molar-refractivity contribution in [2.45, 2.75) is 5.92 Å². The smallest absolute Gasteiger partial charge is 0.0924 e. The van der Waals surface area contributed by atoms with Crippen LogP contribution in [0.25, 0.3) is 5.57 Å². The van der Waals surface area contributed by atoms with Crippen molar-refractivity contribution in [2.24, 2.45) is 0 Å². The molecular weight excluding hydrogens is 315 g/mol. The summed E-state index contributed by atoms with van der Waals surface area (Å²) in [6.07, 6.45) is 3.43. The van der Waals surface area contributed by atoms with Crippen molar-refractivity contribution >= 4 is 28.8 Å². The summed E-state index contributed by atoms with van der Waals surface area (Å²) < 4.78 is 0. The van der Waals surface area contributed by atoms with Crippen molar-refractivity contribution in [1.82, 2.24) is 9.97 Å². The minimum Gasteiger partial charge on any atom is -0.345 e. The highest BCUT2D eigenvalue weighted by molar-refractivity contribution is 6.30. The van der Waals surface area contributed by atoms with Gasteiger partial charge in [-0.15, -0.1) is 0 Å². The second-order valence-electron chi connectivity index (χ2n) is 5.03. The Morgan fingerprint density at radius 3 is 1.82 bits per heavy atom. The first-order valence-electron chi connectivity index (χ1n) is 6.83. The highest BCUT2D eigenvalue weighted by atomic mass is 35.5. The van der Waals surface area contributed by atoms with E-state index in [9.17, 15) is 0 Å². The summed E-state index contributed by atoms with van der Waals surface area (Å²) in [6, 6.07) is 15.6. The quantitative estimate of drug-likeness (QED) is 0.667. The number of rotatable bonds is 4. The molecule has 1 N–H and O–H groups in total. The van der Waals surface area contributed by atoms with Gasteiger partial charge < -0.3 is 4.98 Å². The largest absolute Gasteiger partial charge is 0.345 e. The van der Waals surface area contributed by atoms with Crippen molar-refractivity contribution in [3.05, 3.63) is 94.5 Å². The van der Waals surface area contributed by atoms with Gasteiger partial charge in [0.2, 0.25) is 0 Å². The first kappa shape index (κ1) is 14.9. The molecular formula is C18H14Cl2N2. The fourth-order valence-corrected chi connectivity index (χ4v) is 2.74. The third-order valence-electron chi connectivity index (χ3n) is 3.60. The SMILES string of the molecule is C=C(c1cnc[nH]1)C(c1ccc(Cl)cc1)c1ccc(Cl)cc1. The average Bonchev–Trinajstić information content (AvgIpc) is 3.05. The summed E-state index contributed by atoms with van der Waals surface area (Å²) in [6.45, 7) is 4.26. The lowest BCUT2D eigenvalue weighted by molar-refractivity contribution is 1.04. The van der Waals surface area contributed by atoms with Crippen LogP contribution in [-0.2, 0) is 0 Å². The molecule has 110 valence electrons. The summed E-state index contributed by atoms with van der Waals surface area (Å²) in [5.41, 5.74) is 4.09. The maximum Gasteiger partial charge on any atom is 0.0924 e. The van der Waals surface area contributed by atoms with Gasteiger partial charge in [-0.3, -0.25) is 0 Å². The van der Waals surface area contributed by atoms with Gasteiger partial charge in [-0.1, -0.05) is 54.0 Å². The molecule has 0 fully saturated rings. The van der Waals surface area contributed by atoms with Crippen LogP contribution in [-0.4, -0.2) is 9.97 Å². The van der Waals surface area contributed by atoms with E-state index in [-0.39, 0.29) is 5.92 Å². The van der Waals surface area contributed by atoms with Crippen LogP contribution in [0.4, 0.5) is 0 Å². The Balaban J connectivity index is 2.07. The molecule has 0 saturated heterocycles. The third kappa shape index (κ3) is 3.08. The molecule has 3 aromatic rings. The highest BCUT2D eigenvalue weighted by Gasteiger charge is 2.19. The standard InChI is InChI=1S/C18H14Cl2N2/c1-12(17-10-21-11-22-17)18(13-2-6-15(19)7-3-13)14-4-8-16(20)9-5-14/h2-11,18H,1H2,(H,21,22). The van der Waals surface area contributed by atoms with Crippen molar-refractivity contribution in [3.63, 3.8) is 0 Å². The Morgan fingerprint density at radius 1 is 0.909 bits per heavy atom. The summed E-state index contributed by atoms with van der Waals surface area (Å²) in [4.78, 5) is 7.20. The van der Waals surface area contributed by atoms with Gasteiger partial charge in [0.05, 0.1) is 18.2 Å². The van der Waals surface area contributed by atoms with E-state index < -0.39 is 0 Å². The lowest BCUT2D eigenvalue weighted by Gasteiger charge is -2.20. The van der Waals surface area contributed by atoms with Crippen LogP contribution in [0.2, 0.25) is 10.0 Å². The number of H-pyrrole nitrogens is 1. The Morgan fingerprint density at radius 2 is 1.41 bits per heavy atom. The fourth-order valence-electron chi connectivity index (χ4n) is 2.49. The summed E-state index contributed by atoms with van der Waals surface area (Å²) >= 11 is 12.0. The van der Waals surface area contributed by atoms with Crippen LogP contribution >= 0.6 is 23.2 Å². The number of halogens is 2. The molecule has 3 rings (SSSR count). The predicted molar refractivity (Wildman–Crippen MR) is 92.4 cm³/mol. The molecule has 0 unspecified atom stereocenters. The van der Waals surface area contributed by atoms with Crippen LogP contribution in [0.15, 0.2) is 67.6 Å². The molecule has 0 aliphatic heterocycles. The zero-order valence-corrected chi connectivity index (χ0v) is 13.3. The molecule has 0 bridgehead atoms. The third-order valence-corrected chi connectivity index (χ3v) is 4.10. The van der Waals surface area contributed by atoms with Crippen molar-refractivity contribution in [1.29, 1.82) is 0 Å². The molecule has 1 aromatic heterocycles. The number of allylic oxidation sites excluding steroid dienone is 1. The van der Waals surface area contributed by atoms with Gasteiger partial charge in [0.1, 0.15) is 0 Å². The second-order valence-corrected chi connectivity index (χ2v) is 5.90. The molecule has 22 heavy (non-hydrogen) atoms. The predicted octanol–water partition coefficient (Wildman–Crippen LogP) is 5.56. The van der Waals surface area contributed by atoms with Crippen LogP contribution < -0.4 is 0 Å². The van der Waals surface area contributed by atoms with E-state index in [4.69, 9.17) is 23.2 Å². The number of hydrogen-bond acceptors (Lipinski definition) is 1. The monoisotopic (exact) mass is 328 g/mol. The molecule has 0 atom stereocenters. The Labute approximate surface area is 139 Å². The molecule has 4 heteroatoms. The zero-order valence-electron chi connectivity index (χ0n) is 11.8. The van der Waals surface area contributed by atoms with Gasteiger partial charge in [0.25, 0.3) is 0 Å². The number of aromatic amines is 1. The molecule has 0 radical (unpaired) electrons. The molecule has 1 heterocycles. The lowest BCUT2D eigenvalue weighted by atomic mass is 9.84. The van der Waals surface area contributed by atoms with Gasteiger partial charge in [-0.05, 0) is 41.0 Å². The second kappa shape index (κ2) is 6.39. The highest BCUT2D eigenvalue weighted by Crippen LogP contribution is 2.36. The topological polar surface area (TPSA) is 28.7 Å². The van der Waals surface area contributed by atoms with Crippen LogP contribution in [0.5, 0.6) is 0 Å². The number of aromatic nitrogens is 2. The molecule has 2 nitrogen and oxygen atoms in total. The molecule has 0 aliphatic carbocycles. The van der Waals surface area contributed by atoms with E-state index >= 15 is 0 Å². The molecule has 0 saturated carbocycles. The lowest BCUT2D eigenvalue weighted by Crippen LogP contribution is -2.04. The number of imidazole rings is 1. The van der Waals surface area contributed by atoms with E-state index in [0.717, 1.165) is 22.4 Å². The normalized spacial score (nSPS) is 10.9. The molecule has 0 spiro atoms. The van der Waals surface area contributed by atoms with E-state index in [0.29, 0.717) is 10.0 Å². The minimum absolute atomic E-state index is 0.00924. The zero-order chi connectivity index (χ0) is 15.5. The van der Waals surface area contributed by atoms with Crippen LogP contribution in [0.3, 0.4) is 0 Å². The number of nitrogens with one attached hydrogen (secondary N) is 1. The maximum absolute atomic E-state index is 6.01. The number of benzene rings is 2. The molecule has 2 aromatic carbocycles. The van der Waals surface area contributed by atoms with Crippen LogP contribution in [0, 0.1) is 0 Å². The summed E-state index contributed by atoms with van der Waals surface area (Å²) in [5.74, 6) is 0.00924. The van der Waals surface area contributed by atoms with E-state index in [1.54, 1.807) is 12.5 Å². The summed E-state index contributed by atoms with van der Waals surface area (Å²) in [5, 5.41) is 1.43. The minimum atomic E-state index is 0.00924. The first-order valence-corrected chi connectivity index (χ1v) is 7.59. The van der Waals surface area contributed by atoms with Crippen molar-refractivity contribution < 1.29 is 0 Å². The van der Waals surface area contributed by atoms with Crippen LogP contribution in [0.1, 0.15) is 22.7 Å². The van der Waals surface area contributed by atoms with Gasteiger partial charge in [0.15, 0.2) is 0 Å². The summed E-state index contributed by atoms with van der Waals surface area (Å²) in [7, 11) is 0. The molecule has 0 aliphatic rings. The van der Waals surface area contributed by atoms with E-state index in [1.807, 2.05) is 48.5 Å². The Hall–Kier alpha value is -2.03. The Bertz CT molecular complexity index is 714. The van der Waals surface area contributed by atoms with E-state index in [2.05, 4.69) is 16.5 Å². The van der Waals surface area contributed by atoms with Crippen molar-refractivity contribution in [2.75, 3.05) is 0 Å². The first-order chi connectivity index (χ1) is 10.6. The van der Waals surface area contributed by atoms with Crippen molar-refractivity contribution in [3.8, 4) is 0 Å². The average molecular weight is 329 g/mol. The fraction of sp³-hybridized carbons (Fsp3) is 0.0556.